The molecule has 9 nitrogen and oxygen atoms in total. The summed E-state index contributed by atoms with van der Waals surface area (Å²) in [4.78, 5) is 42.1. The van der Waals surface area contributed by atoms with Gasteiger partial charge in [0, 0.05) is 34.4 Å². The molecule has 0 atom stereocenters. The van der Waals surface area contributed by atoms with Crippen LogP contribution in [0.3, 0.4) is 0 Å². The first-order valence-electron chi connectivity index (χ1n) is 11.7. The maximum absolute atomic E-state index is 13.3. The lowest BCUT2D eigenvalue weighted by molar-refractivity contribution is -0.189. The van der Waals surface area contributed by atoms with Crippen LogP contribution in [0.1, 0.15) is 39.5 Å². The lowest BCUT2D eigenvalue weighted by atomic mass is 9.60. The third-order valence-electron chi connectivity index (χ3n) is 7.14. The Labute approximate surface area is 216 Å². The van der Waals surface area contributed by atoms with Crippen LogP contribution < -0.4 is 10.1 Å². The monoisotopic (exact) mass is 525 g/mol. The Morgan fingerprint density at radius 2 is 2.00 bits per heavy atom. The minimum Gasteiger partial charge on any atom is -0.494 e. The number of aryl methyl sites for hydroxylation is 1. The molecule has 0 unspecified atom stereocenters. The van der Waals surface area contributed by atoms with E-state index in [-0.39, 0.29) is 23.1 Å². The summed E-state index contributed by atoms with van der Waals surface area (Å²) in [5, 5.41) is 3.70. The summed E-state index contributed by atoms with van der Waals surface area (Å²) in [6.45, 7) is 4.43. The van der Waals surface area contributed by atoms with Crippen molar-refractivity contribution < 1.29 is 19.1 Å². The number of thiazole rings is 1. The third kappa shape index (κ3) is 4.03. The van der Waals surface area contributed by atoms with E-state index in [1.165, 1.54) is 30.8 Å². The van der Waals surface area contributed by atoms with Gasteiger partial charge in [0.2, 0.25) is 5.91 Å². The Kier molecular flexibility index (Phi) is 5.70. The average molecular weight is 526 g/mol. The minimum absolute atomic E-state index is 0.0909. The highest BCUT2D eigenvalue weighted by Gasteiger charge is 2.53. The zero-order valence-corrected chi connectivity index (χ0v) is 21.4. The van der Waals surface area contributed by atoms with Gasteiger partial charge in [-0.1, -0.05) is 22.9 Å². The Morgan fingerprint density at radius 1 is 1.19 bits per heavy atom. The smallest absolute Gasteiger partial charge is 0.259 e. The van der Waals surface area contributed by atoms with E-state index in [0.29, 0.717) is 45.8 Å². The maximum atomic E-state index is 13.3. The number of carbonyl (C=O) groups excluding carboxylic acids is 2. The van der Waals surface area contributed by atoms with Gasteiger partial charge in [0.15, 0.2) is 5.13 Å². The van der Waals surface area contributed by atoms with E-state index < -0.39 is 0 Å². The summed E-state index contributed by atoms with van der Waals surface area (Å²) in [6.07, 6.45) is 4.90. The molecule has 0 radical (unpaired) electrons. The number of halogens is 1. The SMILES string of the molecule is COc1cnc(Cl)cc1-c1cc(C)ncc1C(=O)Nc1nc2c(s1)CN(C(=O)C1CC3(COC3)C1)C2. The van der Waals surface area contributed by atoms with Crippen LogP contribution in [0.5, 0.6) is 5.75 Å². The second-order valence-electron chi connectivity index (χ2n) is 9.71. The molecule has 186 valence electrons. The van der Waals surface area contributed by atoms with Gasteiger partial charge in [-0.25, -0.2) is 9.97 Å². The Morgan fingerprint density at radius 3 is 2.69 bits per heavy atom. The number of nitrogens with one attached hydrogen (secondary N) is 1. The van der Waals surface area contributed by atoms with E-state index >= 15 is 0 Å². The standard InChI is InChI=1S/C25H24ClN5O4S/c1-13-3-15(16-4-21(26)28-8-19(16)34-2)17(7-27-13)22(32)30-24-29-18-9-31(10-20(18)36-24)23(33)14-5-25(6-14)11-35-12-25/h3-4,7-8,14H,5-6,9-12H2,1-2H3,(H,29,30,32). The number of aromatic nitrogens is 3. The summed E-state index contributed by atoms with van der Waals surface area (Å²) in [5.74, 6) is 0.450. The second-order valence-corrected chi connectivity index (χ2v) is 11.2. The van der Waals surface area contributed by atoms with Gasteiger partial charge in [-0.05, 0) is 31.9 Å². The molecule has 2 fully saturated rings. The zero-order valence-electron chi connectivity index (χ0n) is 19.8. The fraction of sp³-hybridized carbons (Fsp3) is 0.400. The molecule has 3 aromatic heterocycles. The van der Waals surface area contributed by atoms with Crippen molar-refractivity contribution in [2.24, 2.45) is 11.3 Å². The number of carbonyl (C=O) groups is 2. The normalized spacial score (nSPS) is 17.9. The third-order valence-corrected chi connectivity index (χ3v) is 8.34. The quantitative estimate of drug-likeness (QED) is 0.500. The average Bonchev–Trinajstić information content (AvgIpc) is 3.35. The number of rotatable bonds is 5. The van der Waals surface area contributed by atoms with Crippen molar-refractivity contribution in [1.29, 1.82) is 0 Å². The lowest BCUT2D eigenvalue weighted by Gasteiger charge is -2.53. The molecule has 6 rings (SSSR count). The van der Waals surface area contributed by atoms with Gasteiger partial charge in [-0.15, -0.1) is 0 Å². The molecule has 1 spiro atoms. The van der Waals surface area contributed by atoms with E-state index in [9.17, 15) is 9.59 Å². The number of hydrogen-bond acceptors (Lipinski definition) is 8. The Hall–Kier alpha value is -3.08. The van der Waals surface area contributed by atoms with E-state index in [1.54, 1.807) is 6.07 Å². The van der Waals surface area contributed by atoms with Gasteiger partial charge in [0.25, 0.3) is 5.91 Å². The highest BCUT2D eigenvalue weighted by Crippen LogP contribution is 2.51. The van der Waals surface area contributed by atoms with E-state index in [2.05, 4.69) is 20.3 Å². The number of nitrogens with zero attached hydrogens (tertiary/aromatic N) is 4. The molecular formula is C25H24ClN5O4S. The zero-order chi connectivity index (χ0) is 25.0. The van der Waals surface area contributed by atoms with E-state index in [1.807, 2.05) is 17.9 Å². The van der Waals surface area contributed by atoms with Crippen molar-refractivity contribution in [3.63, 3.8) is 0 Å². The highest BCUT2D eigenvalue weighted by atomic mass is 35.5. The first kappa shape index (κ1) is 23.3. The molecule has 1 saturated carbocycles. The molecule has 5 heterocycles. The predicted molar refractivity (Wildman–Crippen MR) is 134 cm³/mol. The summed E-state index contributed by atoms with van der Waals surface area (Å²) >= 11 is 7.53. The van der Waals surface area contributed by atoms with E-state index in [0.717, 1.165) is 42.3 Å². The predicted octanol–water partition coefficient (Wildman–Crippen LogP) is 4.09. The van der Waals surface area contributed by atoms with Crippen molar-refractivity contribution >= 4 is 39.9 Å². The molecule has 0 bridgehead atoms. The summed E-state index contributed by atoms with van der Waals surface area (Å²) < 4.78 is 10.8. The van der Waals surface area contributed by atoms with Gasteiger partial charge in [-0.2, -0.15) is 0 Å². The van der Waals surface area contributed by atoms with Crippen LogP contribution in [0.25, 0.3) is 11.1 Å². The minimum atomic E-state index is -0.338. The van der Waals surface area contributed by atoms with Crippen molar-refractivity contribution in [2.75, 3.05) is 25.6 Å². The van der Waals surface area contributed by atoms with Crippen LogP contribution in [0.2, 0.25) is 5.15 Å². The van der Waals surface area contributed by atoms with E-state index in [4.69, 9.17) is 21.1 Å². The molecule has 36 heavy (non-hydrogen) atoms. The van der Waals surface area contributed by atoms with Crippen LogP contribution >= 0.6 is 22.9 Å². The van der Waals surface area contributed by atoms with Crippen molar-refractivity contribution in [2.45, 2.75) is 32.9 Å². The number of fused-ring (bicyclic) bond motifs is 1. The fourth-order valence-corrected chi connectivity index (χ4v) is 6.35. The molecule has 3 aliphatic rings. The van der Waals surface area contributed by atoms with Gasteiger partial charge in [0.05, 0.1) is 55.7 Å². The Balaban J connectivity index is 1.17. The first-order chi connectivity index (χ1) is 17.3. The molecule has 2 aliphatic heterocycles. The topological polar surface area (TPSA) is 107 Å². The second kappa shape index (κ2) is 8.79. The molecule has 0 aromatic carbocycles. The first-order valence-corrected chi connectivity index (χ1v) is 12.9. The largest absolute Gasteiger partial charge is 0.494 e. The summed E-state index contributed by atoms with van der Waals surface area (Å²) in [7, 11) is 1.54. The molecular weight excluding hydrogens is 502 g/mol. The molecule has 3 aromatic rings. The lowest BCUT2D eigenvalue weighted by Crippen LogP contribution is -2.55. The van der Waals surface area contributed by atoms with Crippen molar-refractivity contribution in [1.82, 2.24) is 19.9 Å². The van der Waals surface area contributed by atoms with Crippen LogP contribution in [0.15, 0.2) is 24.5 Å². The summed E-state index contributed by atoms with van der Waals surface area (Å²) in [6, 6.07) is 3.48. The van der Waals surface area contributed by atoms with Gasteiger partial charge in [0.1, 0.15) is 10.9 Å². The molecule has 1 N–H and O–H groups in total. The number of ether oxygens (including phenoxy) is 2. The number of amides is 2. The van der Waals surface area contributed by atoms with Gasteiger partial charge >= 0.3 is 0 Å². The van der Waals surface area contributed by atoms with Gasteiger partial charge in [-0.3, -0.25) is 19.9 Å². The maximum Gasteiger partial charge on any atom is 0.259 e. The number of pyridine rings is 2. The van der Waals surface area contributed by atoms with Crippen LogP contribution in [-0.4, -0.2) is 52.0 Å². The molecule has 1 aliphatic carbocycles. The highest BCUT2D eigenvalue weighted by molar-refractivity contribution is 7.16. The van der Waals surface area contributed by atoms with Crippen LogP contribution in [0.4, 0.5) is 5.13 Å². The van der Waals surface area contributed by atoms with Crippen molar-refractivity contribution in [3.8, 4) is 16.9 Å². The molecule has 2 amide bonds. The number of methoxy groups -OCH3 is 1. The molecule has 1 saturated heterocycles. The van der Waals surface area contributed by atoms with Gasteiger partial charge < -0.3 is 14.4 Å². The van der Waals surface area contributed by atoms with Crippen LogP contribution in [0, 0.1) is 18.3 Å². The molecule has 11 heteroatoms. The number of hydrogen-bond donors (Lipinski definition) is 1. The van der Waals surface area contributed by atoms with Crippen molar-refractivity contribution in [3.05, 3.63) is 51.5 Å². The summed E-state index contributed by atoms with van der Waals surface area (Å²) in [5.41, 5.74) is 3.50. The van der Waals surface area contributed by atoms with Crippen LogP contribution in [-0.2, 0) is 22.6 Å². The fourth-order valence-electron chi connectivity index (χ4n) is 5.21. The Bertz CT molecular complexity index is 1360. The number of anilines is 1.